The van der Waals surface area contributed by atoms with E-state index in [1.165, 1.54) is 57.2 Å². The van der Waals surface area contributed by atoms with Crippen LogP contribution in [-0.4, -0.2) is 9.52 Å². The molecule has 0 saturated heterocycles. The SMILES string of the molecule is CCCCc1cc2ccccc2[cH-]1.CC[Si]CC.[I-].[I-].[Zr+3]. The van der Waals surface area contributed by atoms with Crippen molar-refractivity contribution in [1.29, 1.82) is 0 Å². The number of benzene rings is 1. The molecular weight excluding hydrogens is 577 g/mol. The fourth-order valence-corrected chi connectivity index (χ4v) is 2.49. The number of hydrogen-bond acceptors (Lipinski definition) is 0. The summed E-state index contributed by atoms with van der Waals surface area (Å²) in [5.74, 6) is 0. The van der Waals surface area contributed by atoms with Gasteiger partial charge in [0.15, 0.2) is 0 Å². The summed E-state index contributed by atoms with van der Waals surface area (Å²) in [7, 11) is 1.20. The summed E-state index contributed by atoms with van der Waals surface area (Å²) in [5, 5.41) is 2.77. The Morgan fingerprint density at radius 3 is 2.10 bits per heavy atom. The molecule has 0 fully saturated rings. The molecule has 4 heteroatoms. The summed E-state index contributed by atoms with van der Waals surface area (Å²) < 4.78 is 0. The molecular formula is C17H25I2SiZr. The van der Waals surface area contributed by atoms with Gasteiger partial charge in [0.1, 0.15) is 0 Å². The second kappa shape index (κ2) is 17.7. The third-order valence-corrected chi connectivity index (χ3v) is 4.00. The molecule has 0 amide bonds. The zero-order valence-electron chi connectivity index (χ0n) is 13.3. The monoisotopic (exact) mass is 601 g/mol. The first-order valence-electron chi connectivity index (χ1n) is 7.16. The van der Waals surface area contributed by atoms with Crippen molar-refractivity contribution in [3.05, 3.63) is 42.0 Å². The molecule has 3 radical (unpaired) electrons. The van der Waals surface area contributed by atoms with E-state index in [0.29, 0.717) is 0 Å². The Labute approximate surface area is 186 Å². The Hall–Kier alpha value is 1.39. The van der Waals surface area contributed by atoms with Crippen LogP contribution < -0.4 is 48.0 Å². The van der Waals surface area contributed by atoms with Crippen molar-refractivity contribution in [2.24, 2.45) is 0 Å². The minimum absolute atomic E-state index is 0. The molecule has 0 aliphatic rings. The largest absolute Gasteiger partial charge is 3.00 e. The molecule has 0 nitrogen and oxygen atoms in total. The van der Waals surface area contributed by atoms with Gasteiger partial charge in [0.2, 0.25) is 0 Å². The minimum atomic E-state index is 0. The maximum absolute atomic E-state index is 2.31. The Bertz CT molecular complexity index is 408. The summed E-state index contributed by atoms with van der Waals surface area (Å²) in [6.45, 7) is 6.69. The van der Waals surface area contributed by atoms with Gasteiger partial charge in [-0.15, -0.1) is 40.6 Å². The normalized spacial score (nSPS) is 8.71. The number of unbranched alkanes of at least 4 members (excludes halogenated alkanes) is 1. The smallest absolute Gasteiger partial charge is 1.00 e. The van der Waals surface area contributed by atoms with Crippen molar-refractivity contribution in [3.8, 4) is 0 Å². The summed E-state index contributed by atoms with van der Waals surface area (Å²) in [4.78, 5) is 0. The third-order valence-electron chi connectivity index (χ3n) is 3.00. The van der Waals surface area contributed by atoms with Crippen LogP contribution in [0.15, 0.2) is 36.4 Å². The maximum atomic E-state index is 2.31. The van der Waals surface area contributed by atoms with Crippen LogP contribution in [-0.2, 0) is 32.6 Å². The van der Waals surface area contributed by atoms with Crippen LogP contribution in [0.2, 0.25) is 12.1 Å². The predicted octanol–water partition coefficient (Wildman–Crippen LogP) is -0.526. The van der Waals surface area contributed by atoms with E-state index >= 15 is 0 Å². The van der Waals surface area contributed by atoms with E-state index in [1.54, 1.807) is 0 Å². The first-order chi connectivity index (χ1) is 8.81. The Kier molecular flexibility index (Phi) is 23.0. The molecule has 0 aliphatic heterocycles. The zero-order chi connectivity index (χ0) is 13.2. The van der Waals surface area contributed by atoms with Gasteiger partial charge in [-0.3, -0.25) is 0 Å². The first kappa shape index (κ1) is 27.2. The molecule has 2 aromatic carbocycles. The maximum Gasteiger partial charge on any atom is 3.00 e. The average molecular weight is 603 g/mol. The Morgan fingerprint density at radius 1 is 1.00 bits per heavy atom. The zero-order valence-corrected chi connectivity index (χ0v) is 21.0. The predicted molar refractivity (Wildman–Crippen MR) is 84.9 cm³/mol. The van der Waals surface area contributed by atoms with Crippen LogP contribution in [0.3, 0.4) is 0 Å². The van der Waals surface area contributed by atoms with Crippen molar-refractivity contribution in [3.63, 3.8) is 0 Å². The Morgan fingerprint density at radius 2 is 1.62 bits per heavy atom. The van der Waals surface area contributed by atoms with Crippen molar-refractivity contribution < 1.29 is 74.2 Å². The summed E-state index contributed by atoms with van der Waals surface area (Å²) in [6, 6.07) is 15.9. The average Bonchev–Trinajstić information content (AvgIpc) is 2.80. The van der Waals surface area contributed by atoms with Gasteiger partial charge in [0, 0.05) is 9.52 Å². The molecule has 0 heterocycles. The molecule has 0 bridgehead atoms. The van der Waals surface area contributed by atoms with Crippen LogP contribution in [0.5, 0.6) is 0 Å². The molecule has 0 N–H and O–H groups in total. The van der Waals surface area contributed by atoms with Gasteiger partial charge in [0.25, 0.3) is 0 Å². The minimum Gasteiger partial charge on any atom is -1.00 e. The van der Waals surface area contributed by atoms with Crippen LogP contribution in [0.4, 0.5) is 0 Å². The van der Waals surface area contributed by atoms with Gasteiger partial charge < -0.3 is 48.0 Å². The van der Waals surface area contributed by atoms with Gasteiger partial charge in [0.05, 0.1) is 0 Å². The number of halogens is 2. The van der Waals surface area contributed by atoms with E-state index in [-0.39, 0.29) is 74.2 Å². The summed E-state index contributed by atoms with van der Waals surface area (Å²) in [5.41, 5.74) is 1.49. The number of fused-ring (bicyclic) bond motifs is 1. The van der Waals surface area contributed by atoms with E-state index in [0.717, 1.165) is 0 Å². The fraction of sp³-hybridized carbons (Fsp3) is 0.471. The van der Waals surface area contributed by atoms with E-state index in [9.17, 15) is 0 Å². The second-order valence-corrected chi connectivity index (χ2v) is 6.47. The van der Waals surface area contributed by atoms with Crippen LogP contribution in [0, 0.1) is 0 Å². The third kappa shape index (κ3) is 11.5. The quantitative estimate of drug-likeness (QED) is 0.246. The topological polar surface area (TPSA) is 0 Å². The van der Waals surface area contributed by atoms with E-state index in [1.807, 2.05) is 0 Å². The molecule has 115 valence electrons. The molecule has 0 aromatic heterocycles. The first-order valence-corrected chi connectivity index (χ1v) is 8.58. The van der Waals surface area contributed by atoms with Crippen LogP contribution in [0.1, 0.15) is 39.2 Å². The van der Waals surface area contributed by atoms with Crippen molar-refractivity contribution in [2.75, 3.05) is 0 Å². The van der Waals surface area contributed by atoms with Gasteiger partial charge in [-0.2, -0.15) is 6.07 Å². The molecule has 21 heavy (non-hydrogen) atoms. The Balaban J connectivity index is -0.000000360. The molecule has 0 spiro atoms. The van der Waals surface area contributed by atoms with E-state index < -0.39 is 0 Å². The molecule has 2 rings (SSSR count). The summed E-state index contributed by atoms with van der Waals surface area (Å²) in [6.07, 6.45) is 3.81. The summed E-state index contributed by atoms with van der Waals surface area (Å²) >= 11 is 0. The van der Waals surface area contributed by atoms with Gasteiger partial charge in [-0.05, 0) is 6.42 Å². The number of aryl methyl sites for hydroxylation is 1. The standard InChI is InChI=1S/C13H15.C4H10Si.2HI.Zr/c1-2-3-6-11-9-12-7-4-5-8-13(12)10-11;1-3-5-4-2;;;/h4-5,7-10H,2-3,6H2,1H3;3-4H2,1-2H3;2*1H;/q-1;;;;+3/p-2. The van der Waals surface area contributed by atoms with Gasteiger partial charge >= 0.3 is 26.2 Å². The molecule has 0 aliphatic carbocycles. The van der Waals surface area contributed by atoms with Gasteiger partial charge in [-0.25, -0.2) is 0 Å². The van der Waals surface area contributed by atoms with Crippen molar-refractivity contribution >= 4 is 20.3 Å². The van der Waals surface area contributed by atoms with E-state index in [2.05, 4.69) is 57.2 Å². The molecule has 0 atom stereocenters. The van der Waals surface area contributed by atoms with Crippen molar-refractivity contribution in [2.45, 2.75) is 52.1 Å². The fourth-order valence-electron chi connectivity index (χ4n) is 1.99. The molecule has 0 unspecified atom stereocenters. The van der Waals surface area contributed by atoms with Gasteiger partial charge in [-0.1, -0.05) is 51.8 Å². The molecule has 2 aromatic rings. The number of rotatable bonds is 5. The van der Waals surface area contributed by atoms with Crippen LogP contribution >= 0.6 is 0 Å². The van der Waals surface area contributed by atoms with Crippen LogP contribution in [0.25, 0.3) is 10.8 Å². The molecule has 0 saturated carbocycles. The number of hydrogen-bond donors (Lipinski definition) is 0. The second-order valence-electron chi connectivity index (χ2n) is 4.55. The van der Waals surface area contributed by atoms with Crippen molar-refractivity contribution in [1.82, 2.24) is 0 Å². The van der Waals surface area contributed by atoms with E-state index in [4.69, 9.17) is 0 Å².